The van der Waals surface area contributed by atoms with Crippen molar-refractivity contribution in [1.29, 1.82) is 0 Å². The molecule has 16 heteroatoms. The van der Waals surface area contributed by atoms with Crippen LogP contribution in [0.1, 0.15) is 68.0 Å². The van der Waals surface area contributed by atoms with Gasteiger partial charge in [0.2, 0.25) is 0 Å². The van der Waals surface area contributed by atoms with Crippen molar-refractivity contribution in [1.82, 2.24) is 40.8 Å². The molecule has 0 saturated carbocycles. The number of aryl methyl sites for hydroxylation is 4. The highest BCUT2D eigenvalue weighted by molar-refractivity contribution is 5.86. The Morgan fingerprint density at radius 2 is 0.827 bits per heavy atom. The van der Waals surface area contributed by atoms with Crippen LogP contribution >= 0.6 is 0 Å². The quantitative estimate of drug-likeness (QED) is 0.0992. The third kappa shape index (κ3) is 4.40. The number of aromatic nitrogens is 8. The Morgan fingerprint density at radius 1 is 0.519 bits per heavy atom. The summed E-state index contributed by atoms with van der Waals surface area (Å²) in [5.74, 6) is 1.91. The number of benzene rings is 3. The van der Waals surface area contributed by atoms with Crippen LogP contribution in [0.3, 0.4) is 0 Å². The Labute approximate surface area is 294 Å². The fourth-order valence-electron chi connectivity index (χ4n) is 7.80. The Hall–Kier alpha value is -7.10. The van der Waals surface area contributed by atoms with Crippen molar-refractivity contribution in [2.75, 3.05) is 9.80 Å². The van der Waals surface area contributed by atoms with E-state index in [0.29, 0.717) is 23.3 Å². The lowest BCUT2D eigenvalue weighted by molar-refractivity contribution is -0.385. The molecule has 6 heterocycles. The van der Waals surface area contributed by atoms with Crippen molar-refractivity contribution >= 4 is 46.0 Å². The van der Waals surface area contributed by atoms with Crippen molar-refractivity contribution in [3.05, 3.63) is 149 Å². The smallest absolute Gasteiger partial charge is 0.269 e. The first kappa shape index (κ1) is 30.9. The maximum atomic E-state index is 11.7. The molecule has 0 aliphatic carbocycles. The summed E-state index contributed by atoms with van der Waals surface area (Å²) in [6.07, 6.45) is 0. The summed E-state index contributed by atoms with van der Waals surface area (Å²) in [7, 11) is 0. The molecule has 0 spiro atoms. The zero-order valence-corrected chi connectivity index (χ0v) is 28.3. The van der Waals surface area contributed by atoms with Gasteiger partial charge in [0.05, 0.1) is 9.85 Å². The number of aromatic amines is 4. The molecule has 4 aromatic heterocycles. The average molecular weight is 695 g/mol. The standard InChI is InChI=1S/C36H30N12O4/c1-17-27-31(21-7-5-9-25(15-21)47(49)50)28-18(2)38-42-34(28)45(33(27)41-37-17)23-11-13-24(14-12-23)46-35-29(19(3)39-43-35)32(30-20(4)40-44-36(30)46)22-8-6-10-26(16-22)48(51)52/h5-16,31-32H,1-4H3,(H,37,41)(H,38,42)(H,39,43)(H,40,44). The van der Waals surface area contributed by atoms with Crippen LogP contribution in [0.25, 0.3) is 0 Å². The summed E-state index contributed by atoms with van der Waals surface area (Å²) >= 11 is 0. The second-order valence-electron chi connectivity index (χ2n) is 13.1. The lowest BCUT2D eigenvalue weighted by Crippen LogP contribution is -2.23. The molecule has 4 N–H and O–H groups in total. The van der Waals surface area contributed by atoms with Gasteiger partial charge in [0.25, 0.3) is 11.4 Å². The van der Waals surface area contributed by atoms with Crippen molar-refractivity contribution < 1.29 is 9.85 Å². The highest BCUT2D eigenvalue weighted by Crippen LogP contribution is 2.54. The number of hydrogen-bond acceptors (Lipinski definition) is 10. The minimum absolute atomic E-state index is 0.0144. The van der Waals surface area contributed by atoms with E-state index in [-0.39, 0.29) is 33.1 Å². The molecular weight excluding hydrogens is 664 g/mol. The van der Waals surface area contributed by atoms with Crippen LogP contribution < -0.4 is 9.80 Å². The third-order valence-electron chi connectivity index (χ3n) is 10.1. The first-order valence-corrected chi connectivity index (χ1v) is 16.5. The third-order valence-corrected chi connectivity index (χ3v) is 10.1. The molecule has 7 aromatic rings. The number of nitrogens with one attached hydrogen (secondary N) is 4. The maximum absolute atomic E-state index is 11.7. The molecule has 0 radical (unpaired) electrons. The number of anilines is 6. The second-order valence-corrected chi connectivity index (χ2v) is 13.1. The highest BCUT2D eigenvalue weighted by Gasteiger charge is 2.41. The molecule has 2 aliphatic rings. The zero-order valence-electron chi connectivity index (χ0n) is 28.3. The van der Waals surface area contributed by atoms with E-state index >= 15 is 0 Å². The molecule has 0 saturated heterocycles. The van der Waals surface area contributed by atoms with Crippen molar-refractivity contribution in [3.63, 3.8) is 0 Å². The normalized spacial score (nSPS) is 13.8. The second kappa shape index (κ2) is 11.2. The highest BCUT2D eigenvalue weighted by atomic mass is 16.6. The van der Waals surface area contributed by atoms with E-state index in [9.17, 15) is 20.2 Å². The Balaban J connectivity index is 1.14. The summed E-state index contributed by atoms with van der Waals surface area (Å²) < 4.78 is 0. The van der Waals surface area contributed by atoms with E-state index in [2.05, 4.69) is 20.4 Å². The van der Waals surface area contributed by atoms with Gasteiger partial charge in [0.15, 0.2) is 23.3 Å². The summed E-state index contributed by atoms with van der Waals surface area (Å²) in [5, 5.41) is 54.9. The lowest BCUT2D eigenvalue weighted by atomic mass is 9.81. The van der Waals surface area contributed by atoms with E-state index in [1.54, 1.807) is 24.3 Å². The molecule has 2 aliphatic heterocycles. The molecule has 16 nitrogen and oxygen atoms in total. The lowest BCUT2D eigenvalue weighted by Gasteiger charge is -2.33. The van der Waals surface area contributed by atoms with Gasteiger partial charge in [0, 0.05) is 92.5 Å². The molecule has 52 heavy (non-hydrogen) atoms. The number of non-ortho nitro benzene ring substituents is 2. The molecule has 0 fully saturated rings. The van der Waals surface area contributed by atoms with Gasteiger partial charge in [-0.2, -0.15) is 20.4 Å². The molecular formula is C36H30N12O4. The number of rotatable bonds is 6. The average Bonchev–Trinajstić information content (AvgIpc) is 3.93. The van der Waals surface area contributed by atoms with E-state index in [1.165, 1.54) is 12.1 Å². The number of nitro groups is 2. The van der Waals surface area contributed by atoms with Crippen LogP contribution in [0, 0.1) is 47.9 Å². The van der Waals surface area contributed by atoms with Crippen LogP contribution in [0.15, 0.2) is 72.8 Å². The molecule has 9 rings (SSSR count). The SMILES string of the molecule is Cc1[nH]nc2c1C(c1cccc([N+](=O)[O-])c1)c1c(n[nH]c1C)N2c1ccc(N2c3n[nH]c(C)c3C(c3cccc([N+](=O)[O-])c3)c3c2n[nH]c3C)cc1. The van der Waals surface area contributed by atoms with Crippen LogP contribution in [0.4, 0.5) is 46.0 Å². The van der Waals surface area contributed by atoms with Crippen LogP contribution in [-0.4, -0.2) is 50.6 Å². The number of H-pyrrole nitrogens is 4. The number of nitrogens with zero attached hydrogens (tertiary/aromatic N) is 8. The molecule has 0 bridgehead atoms. The first-order valence-electron chi connectivity index (χ1n) is 16.5. The van der Waals surface area contributed by atoms with Crippen molar-refractivity contribution in [2.24, 2.45) is 0 Å². The Morgan fingerprint density at radius 3 is 1.12 bits per heavy atom. The Bertz CT molecular complexity index is 2310. The van der Waals surface area contributed by atoms with Crippen LogP contribution in [0.5, 0.6) is 0 Å². The molecule has 0 amide bonds. The monoisotopic (exact) mass is 694 g/mol. The summed E-state index contributed by atoms with van der Waals surface area (Å²) in [6.45, 7) is 7.79. The van der Waals surface area contributed by atoms with Gasteiger partial charge in [0.1, 0.15) is 0 Å². The van der Waals surface area contributed by atoms with Gasteiger partial charge in [-0.15, -0.1) is 0 Å². The number of hydrogen-bond donors (Lipinski definition) is 4. The predicted octanol–water partition coefficient (Wildman–Crippen LogP) is 7.56. The minimum Gasteiger partial charge on any atom is -0.280 e. The van der Waals surface area contributed by atoms with Gasteiger partial charge in [-0.3, -0.25) is 50.4 Å². The Kier molecular flexibility index (Phi) is 6.67. The molecule has 258 valence electrons. The summed E-state index contributed by atoms with van der Waals surface area (Å²) in [6, 6.07) is 21.3. The van der Waals surface area contributed by atoms with Gasteiger partial charge in [-0.05, 0) is 63.1 Å². The molecule has 0 unspecified atom stereocenters. The largest absolute Gasteiger partial charge is 0.280 e. The fraction of sp³-hybridized carbons (Fsp3) is 0.167. The number of fused-ring (bicyclic) bond motifs is 4. The minimum atomic E-state index is -0.386. The van der Waals surface area contributed by atoms with Crippen LogP contribution in [-0.2, 0) is 0 Å². The van der Waals surface area contributed by atoms with Gasteiger partial charge in [-0.25, -0.2) is 0 Å². The van der Waals surface area contributed by atoms with E-state index in [0.717, 1.165) is 67.5 Å². The topological polar surface area (TPSA) is 207 Å². The van der Waals surface area contributed by atoms with Gasteiger partial charge < -0.3 is 0 Å². The molecule has 0 atom stereocenters. The van der Waals surface area contributed by atoms with Gasteiger partial charge in [-0.1, -0.05) is 24.3 Å². The van der Waals surface area contributed by atoms with Crippen molar-refractivity contribution in [3.8, 4) is 0 Å². The predicted molar refractivity (Wildman–Crippen MR) is 191 cm³/mol. The molecule has 3 aromatic carbocycles. The van der Waals surface area contributed by atoms with Gasteiger partial charge >= 0.3 is 0 Å². The maximum Gasteiger partial charge on any atom is 0.269 e. The van der Waals surface area contributed by atoms with E-state index < -0.39 is 0 Å². The summed E-state index contributed by atoms with van der Waals surface area (Å²) in [4.78, 5) is 26.6. The number of nitro benzene ring substituents is 2. The van der Waals surface area contributed by atoms with E-state index in [1.807, 2.05) is 73.9 Å². The van der Waals surface area contributed by atoms with Crippen molar-refractivity contribution in [2.45, 2.75) is 39.5 Å². The van der Waals surface area contributed by atoms with E-state index in [4.69, 9.17) is 20.4 Å². The van der Waals surface area contributed by atoms with Crippen LogP contribution in [0.2, 0.25) is 0 Å². The summed E-state index contributed by atoms with van der Waals surface area (Å²) in [5.41, 5.74) is 10.1. The fourth-order valence-corrected chi connectivity index (χ4v) is 7.80. The first-order chi connectivity index (χ1) is 25.1. The zero-order chi connectivity index (χ0) is 36.0.